The number of thiazole rings is 1. The van der Waals surface area contributed by atoms with Gasteiger partial charge in [-0.05, 0) is 55.3 Å². The second-order valence-electron chi connectivity index (χ2n) is 8.35. The normalized spacial score (nSPS) is 15.1. The fourth-order valence-corrected chi connectivity index (χ4v) is 5.04. The zero-order valence-corrected chi connectivity index (χ0v) is 21.5. The summed E-state index contributed by atoms with van der Waals surface area (Å²) < 4.78 is 12.9. The Morgan fingerprint density at radius 2 is 1.89 bits per heavy atom. The van der Waals surface area contributed by atoms with Crippen molar-refractivity contribution in [2.75, 3.05) is 32.2 Å². The van der Waals surface area contributed by atoms with Gasteiger partial charge in [0, 0.05) is 19.8 Å². The fourth-order valence-electron chi connectivity index (χ4n) is 4.00. The standard InChI is InChI=1S/C28H27N3O4S/c1-6-16-35-22-14-8-19(9-15-22)17-23-26(32)31-25(20-10-12-21(13-11-20)30(4)5)24(27(33)34-7-2)18(3)29-28(31)36-23/h1,8-15,17,25H,7,16H2,2-5H3/b23-17-/t25-/m1/s1. The highest BCUT2D eigenvalue weighted by Crippen LogP contribution is 2.31. The van der Waals surface area contributed by atoms with Crippen LogP contribution in [0.15, 0.2) is 69.6 Å². The number of benzene rings is 2. The lowest BCUT2D eigenvalue weighted by atomic mass is 9.95. The van der Waals surface area contributed by atoms with Gasteiger partial charge in [0.1, 0.15) is 12.4 Å². The molecule has 0 radical (unpaired) electrons. The smallest absolute Gasteiger partial charge is 0.338 e. The van der Waals surface area contributed by atoms with Gasteiger partial charge < -0.3 is 14.4 Å². The lowest BCUT2D eigenvalue weighted by Gasteiger charge is -2.25. The van der Waals surface area contributed by atoms with Gasteiger partial charge in [-0.25, -0.2) is 9.79 Å². The molecule has 1 aliphatic rings. The molecule has 7 nitrogen and oxygen atoms in total. The Balaban J connectivity index is 1.84. The molecule has 0 amide bonds. The van der Waals surface area contributed by atoms with Crippen molar-refractivity contribution in [3.05, 3.63) is 90.6 Å². The van der Waals surface area contributed by atoms with E-state index in [1.807, 2.05) is 61.5 Å². The lowest BCUT2D eigenvalue weighted by Crippen LogP contribution is -2.39. The van der Waals surface area contributed by atoms with E-state index in [0.29, 0.717) is 26.4 Å². The van der Waals surface area contributed by atoms with E-state index in [1.54, 1.807) is 30.5 Å². The van der Waals surface area contributed by atoms with Gasteiger partial charge in [-0.15, -0.1) is 6.42 Å². The van der Waals surface area contributed by atoms with Crippen molar-refractivity contribution in [3.8, 4) is 18.1 Å². The first-order valence-corrected chi connectivity index (χ1v) is 12.3. The molecule has 1 aliphatic heterocycles. The molecule has 4 rings (SSSR count). The number of rotatable bonds is 7. The van der Waals surface area contributed by atoms with Gasteiger partial charge in [0.25, 0.3) is 5.56 Å². The molecule has 8 heteroatoms. The van der Waals surface area contributed by atoms with E-state index < -0.39 is 12.0 Å². The largest absolute Gasteiger partial charge is 0.481 e. The molecule has 2 aromatic carbocycles. The van der Waals surface area contributed by atoms with Crippen LogP contribution in [-0.4, -0.2) is 37.8 Å². The number of carbonyl (C=O) groups excluding carboxylic acids is 1. The highest BCUT2D eigenvalue weighted by molar-refractivity contribution is 7.07. The fraction of sp³-hybridized carbons (Fsp3) is 0.250. The van der Waals surface area contributed by atoms with Crippen LogP contribution in [-0.2, 0) is 9.53 Å². The molecule has 0 unspecified atom stereocenters. The van der Waals surface area contributed by atoms with Crippen molar-refractivity contribution < 1.29 is 14.3 Å². The van der Waals surface area contributed by atoms with Gasteiger partial charge in [-0.3, -0.25) is 9.36 Å². The van der Waals surface area contributed by atoms with Crippen LogP contribution in [0.25, 0.3) is 6.08 Å². The van der Waals surface area contributed by atoms with Crippen molar-refractivity contribution in [2.24, 2.45) is 4.99 Å². The molecule has 0 saturated heterocycles. The molecule has 0 bridgehead atoms. The second-order valence-corrected chi connectivity index (χ2v) is 9.36. The van der Waals surface area contributed by atoms with E-state index in [0.717, 1.165) is 16.8 Å². The molecule has 36 heavy (non-hydrogen) atoms. The molecule has 0 saturated carbocycles. The van der Waals surface area contributed by atoms with Crippen molar-refractivity contribution in [1.29, 1.82) is 0 Å². The molecule has 1 atom stereocenters. The first-order valence-electron chi connectivity index (χ1n) is 11.5. The van der Waals surface area contributed by atoms with E-state index in [1.165, 1.54) is 11.3 Å². The summed E-state index contributed by atoms with van der Waals surface area (Å²) in [6.07, 6.45) is 7.05. The Morgan fingerprint density at radius 1 is 1.19 bits per heavy atom. The number of fused-ring (bicyclic) bond motifs is 1. The van der Waals surface area contributed by atoms with E-state index >= 15 is 0 Å². The maximum absolute atomic E-state index is 13.7. The van der Waals surface area contributed by atoms with Crippen LogP contribution < -0.4 is 24.5 Å². The summed E-state index contributed by atoms with van der Waals surface area (Å²) >= 11 is 1.29. The summed E-state index contributed by atoms with van der Waals surface area (Å²) in [6, 6.07) is 14.5. The number of nitrogens with zero attached hydrogens (tertiary/aromatic N) is 3. The summed E-state index contributed by atoms with van der Waals surface area (Å²) in [5.41, 5.74) is 3.34. The minimum Gasteiger partial charge on any atom is -0.481 e. The third-order valence-corrected chi connectivity index (χ3v) is 6.73. The number of allylic oxidation sites excluding steroid dienone is 1. The van der Waals surface area contributed by atoms with Crippen LogP contribution in [0.4, 0.5) is 5.69 Å². The van der Waals surface area contributed by atoms with Gasteiger partial charge in [-0.1, -0.05) is 41.5 Å². The number of terminal acetylenes is 1. The van der Waals surface area contributed by atoms with Gasteiger partial charge in [0.05, 0.1) is 28.5 Å². The average molecular weight is 502 g/mol. The third-order valence-electron chi connectivity index (χ3n) is 5.74. The first-order chi connectivity index (χ1) is 17.3. The zero-order chi connectivity index (χ0) is 25.8. The Kier molecular flexibility index (Phi) is 7.41. The Bertz CT molecular complexity index is 1520. The molecule has 0 N–H and O–H groups in total. The van der Waals surface area contributed by atoms with Crippen LogP contribution in [0, 0.1) is 12.3 Å². The predicted molar refractivity (Wildman–Crippen MR) is 142 cm³/mol. The summed E-state index contributed by atoms with van der Waals surface area (Å²) in [4.78, 5) is 33.8. The van der Waals surface area contributed by atoms with Gasteiger partial charge in [-0.2, -0.15) is 0 Å². The minimum absolute atomic E-state index is 0.190. The van der Waals surface area contributed by atoms with Crippen molar-refractivity contribution >= 4 is 29.1 Å². The lowest BCUT2D eigenvalue weighted by molar-refractivity contribution is -0.139. The number of aromatic nitrogens is 1. The van der Waals surface area contributed by atoms with Gasteiger partial charge in [0.15, 0.2) is 4.80 Å². The number of carbonyl (C=O) groups is 1. The Morgan fingerprint density at radius 3 is 2.50 bits per heavy atom. The Hall–Kier alpha value is -4.09. The second kappa shape index (κ2) is 10.7. The molecule has 0 fully saturated rings. The third kappa shape index (κ3) is 4.97. The molecule has 1 aromatic heterocycles. The van der Waals surface area contributed by atoms with Crippen molar-refractivity contribution in [2.45, 2.75) is 19.9 Å². The molecule has 184 valence electrons. The zero-order valence-electron chi connectivity index (χ0n) is 20.6. The van der Waals surface area contributed by atoms with E-state index in [2.05, 4.69) is 10.9 Å². The number of anilines is 1. The number of hydrogen-bond donors (Lipinski definition) is 0. The monoisotopic (exact) mass is 501 g/mol. The highest BCUT2D eigenvalue weighted by Gasteiger charge is 2.33. The summed E-state index contributed by atoms with van der Waals surface area (Å²) in [5.74, 6) is 2.61. The maximum atomic E-state index is 13.7. The predicted octanol–water partition coefficient (Wildman–Crippen LogP) is 2.88. The highest BCUT2D eigenvalue weighted by atomic mass is 32.1. The Labute approximate surface area is 213 Å². The summed E-state index contributed by atoms with van der Waals surface area (Å²) in [7, 11) is 3.92. The van der Waals surface area contributed by atoms with E-state index in [4.69, 9.17) is 15.9 Å². The van der Waals surface area contributed by atoms with Crippen molar-refractivity contribution in [1.82, 2.24) is 4.57 Å². The molecule has 0 aliphatic carbocycles. The SMILES string of the molecule is C#CCOc1ccc(/C=c2\sc3n(c2=O)[C@H](c2ccc(N(C)C)cc2)C(C(=O)OCC)=C(C)N=3)cc1. The average Bonchev–Trinajstić information content (AvgIpc) is 3.17. The van der Waals surface area contributed by atoms with E-state index in [9.17, 15) is 9.59 Å². The molecule has 3 aromatic rings. The topological polar surface area (TPSA) is 73.1 Å². The van der Waals surface area contributed by atoms with Crippen LogP contribution >= 0.6 is 11.3 Å². The van der Waals surface area contributed by atoms with Crippen LogP contribution in [0.2, 0.25) is 0 Å². The van der Waals surface area contributed by atoms with Crippen LogP contribution in [0.5, 0.6) is 5.75 Å². The molecular weight excluding hydrogens is 474 g/mol. The molecule has 2 heterocycles. The summed E-state index contributed by atoms with van der Waals surface area (Å²) in [5, 5.41) is 0. The number of hydrogen-bond acceptors (Lipinski definition) is 7. The number of ether oxygens (including phenoxy) is 2. The van der Waals surface area contributed by atoms with Crippen molar-refractivity contribution in [3.63, 3.8) is 0 Å². The number of esters is 1. The van der Waals surface area contributed by atoms with Crippen LogP contribution in [0.3, 0.4) is 0 Å². The van der Waals surface area contributed by atoms with E-state index in [-0.39, 0.29) is 18.8 Å². The quantitative estimate of drug-likeness (QED) is 0.368. The first kappa shape index (κ1) is 25.0. The summed E-state index contributed by atoms with van der Waals surface area (Å²) in [6.45, 7) is 3.95. The molecular formula is C28H27N3O4S. The molecule has 0 spiro atoms. The maximum Gasteiger partial charge on any atom is 0.338 e. The van der Waals surface area contributed by atoms with Crippen LogP contribution in [0.1, 0.15) is 31.0 Å². The van der Waals surface area contributed by atoms with Gasteiger partial charge in [0.2, 0.25) is 0 Å². The van der Waals surface area contributed by atoms with Gasteiger partial charge >= 0.3 is 5.97 Å². The minimum atomic E-state index is -0.641.